The molecule has 4 nitrogen and oxygen atoms in total. The Hall–Kier alpha value is -2.33. The fraction of sp³-hybridized carbons (Fsp3) is 0.417. The van der Waals surface area contributed by atoms with E-state index in [0.717, 1.165) is 66.7 Å². The maximum Gasteiger partial charge on any atom is 0.246 e. The molecule has 1 aliphatic rings. The van der Waals surface area contributed by atoms with Crippen molar-refractivity contribution in [3.05, 3.63) is 53.6 Å². The van der Waals surface area contributed by atoms with E-state index in [1.807, 2.05) is 36.4 Å². The highest BCUT2D eigenvalue weighted by Gasteiger charge is 2.26. The average molecular weight is 413 g/mol. The van der Waals surface area contributed by atoms with Gasteiger partial charge in [0.05, 0.1) is 11.4 Å². The summed E-state index contributed by atoms with van der Waals surface area (Å²) in [5.41, 5.74) is 4.60. The first kappa shape index (κ1) is 21.4. The lowest BCUT2D eigenvalue weighted by atomic mass is 9.97. The predicted molar refractivity (Wildman–Crippen MR) is 120 cm³/mol. The largest absolute Gasteiger partial charge is 0.326 e. The number of halogens is 1. The molecule has 0 aromatic heterocycles. The van der Waals surface area contributed by atoms with Gasteiger partial charge in [0.25, 0.3) is 0 Å². The molecule has 29 heavy (non-hydrogen) atoms. The van der Waals surface area contributed by atoms with E-state index < -0.39 is 0 Å². The smallest absolute Gasteiger partial charge is 0.246 e. The van der Waals surface area contributed by atoms with Crippen LogP contribution < -0.4 is 10.2 Å². The molecule has 2 aromatic carbocycles. The van der Waals surface area contributed by atoms with E-state index in [1.54, 1.807) is 4.90 Å². The number of anilines is 3. The van der Waals surface area contributed by atoms with Gasteiger partial charge in [-0.3, -0.25) is 14.5 Å². The summed E-state index contributed by atoms with van der Waals surface area (Å²) in [7, 11) is 0. The summed E-state index contributed by atoms with van der Waals surface area (Å²) in [6, 6.07) is 13.8. The van der Waals surface area contributed by atoms with Crippen LogP contribution in [0.1, 0.15) is 50.7 Å². The molecule has 0 atom stereocenters. The third-order valence-electron chi connectivity index (χ3n) is 5.50. The van der Waals surface area contributed by atoms with Gasteiger partial charge in [-0.15, -0.1) is 11.6 Å². The Balaban J connectivity index is 1.96. The van der Waals surface area contributed by atoms with Crippen molar-refractivity contribution in [2.45, 2.75) is 52.4 Å². The minimum atomic E-state index is -0.166. The highest BCUT2D eigenvalue weighted by atomic mass is 35.5. The van der Waals surface area contributed by atoms with E-state index in [0.29, 0.717) is 0 Å². The van der Waals surface area contributed by atoms with Gasteiger partial charge in [0.1, 0.15) is 5.88 Å². The van der Waals surface area contributed by atoms with Crippen LogP contribution in [0.5, 0.6) is 0 Å². The second kappa shape index (κ2) is 9.93. The lowest BCUT2D eigenvalue weighted by Crippen LogP contribution is -2.28. The van der Waals surface area contributed by atoms with Crippen molar-refractivity contribution in [1.82, 2.24) is 0 Å². The number of nitrogens with one attached hydrogen (secondary N) is 1. The Labute approximate surface area is 178 Å². The molecule has 2 aromatic rings. The molecule has 1 N–H and O–H groups in total. The lowest BCUT2D eigenvalue weighted by molar-refractivity contribution is -0.120. The van der Waals surface area contributed by atoms with Crippen LogP contribution in [0.4, 0.5) is 17.1 Å². The summed E-state index contributed by atoms with van der Waals surface area (Å²) in [6.45, 7) is 4.21. The van der Waals surface area contributed by atoms with Crippen LogP contribution in [0, 0.1) is 5.92 Å². The van der Waals surface area contributed by atoms with Crippen LogP contribution in [-0.2, 0) is 22.4 Å². The van der Waals surface area contributed by atoms with Crippen molar-refractivity contribution in [2.24, 2.45) is 5.92 Å². The maximum absolute atomic E-state index is 12.8. The zero-order valence-electron chi connectivity index (χ0n) is 17.2. The van der Waals surface area contributed by atoms with E-state index in [9.17, 15) is 9.59 Å². The van der Waals surface area contributed by atoms with Gasteiger partial charge in [0, 0.05) is 11.6 Å². The second-order valence-corrected chi connectivity index (χ2v) is 7.87. The number of aryl methyl sites for hydroxylation is 2. The minimum Gasteiger partial charge on any atom is -0.326 e. The van der Waals surface area contributed by atoms with Crippen LogP contribution in [0.3, 0.4) is 0 Å². The Morgan fingerprint density at radius 2 is 1.66 bits per heavy atom. The van der Waals surface area contributed by atoms with Crippen molar-refractivity contribution >= 4 is 40.5 Å². The molecule has 154 valence electrons. The van der Waals surface area contributed by atoms with Crippen LogP contribution >= 0.6 is 11.6 Å². The summed E-state index contributed by atoms with van der Waals surface area (Å²) in [5, 5.41) is 3.07. The van der Waals surface area contributed by atoms with Gasteiger partial charge in [0.15, 0.2) is 0 Å². The van der Waals surface area contributed by atoms with Gasteiger partial charge in [-0.2, -0.15) is 0 Å². The molecule has 5 heteroatoms. The Kier molecular flexibility index (Phi) is 7.32. The zero-order valence-corrected chi connectivity index (χ0v) is 18.0. The highest BCUT2D eigenvalue weighted by molar-refractivity contribution is 6.30. The third-order valence-corrected chi connectivity index (χ3v) is 5.73. The molecular weight excluding hydrogens is 384 g/mol. The molecule has 0 bridgehead atoms. The first-order valence-electron chi connectivity index (χ1n) is 10.5. The predicted octanol–water partition coefficient (Wildman–Crippen LogP) is 5.84. The van der Waals surface area contributed by atoms with Gasteiger partial charge >= 0.3 is 0 Å². The standard InChI is InChI=1S/C24H29ClN2O2/c1-3-7-19(8-4-2)24(29)26-20-14-13-18-12-11-17-9-5-6-10-21(17)27(22(18)15-20)23(28)16-25/h5-6,9-10,13-15,19H,3-4,7-8,11-12,16H2,1-2H3,(H,26,29). The fourth-order valence-corrected chi connectivity index (χ4v) is 4.20. The van der Waals surface area contributed by atoms with Gasteiger partial charge < -0.3 is 5.32 Å². The van der Waals surface area contributed by atoms with Crippen molar-refractivity contribution in [2.75, 3.05) is 16.1 Å². The summed E-state index contributed by atoms with van der Waals surface area (Å²) in [6.07, 6.45) is 5.43. The second-order valence-electron chi connectivity index (χ2n) is 7.60. The van der Waals surface area contributed by atoms with Crippen molar-refractivity contribution in [3.63, 3.8) is 0 Å². The highest BCUT2D eigenvalue weighted by Crippen LogP contribution is 2.38. The molecule has 2 amide bonds. The van der Waals surface area contributed by atoms with Gasteiger partial charge in [-0.05, 0) is 55.0 Å². The van der Waals surface area contributed by atoms with Gasteiger partial charge in [-0.1, -0.05) is 51.0 Å². The van der Waals surface area contributed by atoms with Crippen LogP contribution in [0.25, 0.3) is 0 Å². The number of hydrogen-bond acceptors (Lipinski definition) is 2. The number of hydrogen-bond donors (Lipinski definition) is 1. The van der Waals surface area contributed by atoms with Gasteiger partial charge in [0.2, 0.25) is 11.8 Å². The van der Waals surface area contributed by atoms with E-state index in [1.165, 1.54) is 0 Å². The number of alkyl halides is 1. The first-order chi connectivity index (χ1) is 14.1. The molecule has 1 aliphatic heterocycles. The summed E-state index contributed by atoms with van der Waals surface area (Å²) in [5.74, 6) is -0.192. The quantitative estimate of drug-likeness (QED) is 0.580. The number of carbonyl (C=O) groups excluding carboxylic acids is 2. The van der Waals surface area contributed by atoms with E-state index in [-0.39, 0.29) is 23.6 Å². The fourth-order valence-electron chi connectivity index (χ4n) is 4.08. The number of benzene rings is 2. The maximum atomic E-state index is 12.8. The van der Waals surface area contributed by atoms with Crippen molar-refractivity contribution in [1.29, 1.82) is 0 Å². The molecule has 0 spiro atoms. The number of nitrogens with zero attached hydrogens (tertiary/aromatic N) is 1. The normalized spacial score (nSPS) is 12.9. The van der Waals surface area contributed by atoms with Crippen LogP contribution in [0.2, 0.25) is 0 Å². The van der Waals surface area contributed by atoms with E-state index in [2.05, 4.69) is 25.2 Å². The Morgan fingerprint density at radius 3 is 2.31 bits per heavy atom. The number of rotatable bonds is 7. The summed E-state index contributed by atoms with van der Waals surface area (Å²) >= 11 is 5.95. The third kappa shape index (κ3) is 4.81. The number of fused-ring (bicyclic) bond motifs is 2. The monoisotopic (exact) mass is 412 g/mol. The topological polar surface area (TPSA) is 49.4 Å². The Morgan fingerprint density at radius 1 is 1.00 bits per heavy atom. The average Bonchev–Trinajstić information content (AvgIpc) is 2.89. The first-order valence-corrected chi connectivity index (χ1v) is 11.0. The molecular formula is C24H29ClN2O2. The molecule has 0 aliphatic carbocycles. The summed E-state index contributed by atoms with van der Waals surface area (Å²) in [4.78, 5) is 27.3. The van der Waals surface area contributed by atoms with E-state index >= 15 is 0 Å². The molecule has 0 saturated carbocycles. The summed E-state index contributed by atoms with van der Waals surface area (Å²) < 4.78 is 0. The van der Waals surface area contributed by atoms with Crippen LogP contribution in [0.15, 0.2) is 42.5 Å². The SMILES string of the molecule is CCCC(CCC)C(=O)Nc1ccc2c(c1)N(C(=O)CCl)c1ccccc1CC2. The zero-order chi connectivity index (χ0) is 20.8. The number of para-hydroxylation sites is 1. The molecule has 0 radical (unpaired) electrons. The van der Waals surface area contributed by atoms with Gasteiger partial charge in [-0.25, -0.2) is 0 Å². The molecule has 0 unspecified atom stereocenters. The van der Waals surface area contributed by atoms with E-state index in [4.69, 9.17) is 11.6 Å². The molecule has 0 saturated heterocycles. The Bertz CT molecular complexity index is 875. The van der Waals surface area contributed by atoms with Crippen molar-refractivity contribution in [3.8, 4) is 0 Å². The minimum absolute atomic E-state index is 0.0186. The molecule has 0 fully saturated rings. The number of amides is 2. The number of carbonyl (C=O) groups is 2. The molecule has 1 heterocycles. The lowest BCUT2D eigenvalue weighted by Gasteiger charge is -2.25. The van der Waals surface area contributed by atoms with Crippen LogP contribution in [-0.4, -0.2) is 17.7 Å². The van der Waals surface area contributed by atoms with Crippen molar-refractivity contribution < 1.29 is 9.59 Å². The molecule has 3 rings (SSSR count).